The van der Waals surface area contributed by atoms with Crippen LogP contribution in [-0.4, -0.2) is 63.1 Å². The van der Waals surface area contributed by atoms with Gasteiger partial charge in [0.25, 0.3) is 0 Å². The summed E-state index contributed by atoms with van der Waals surface area (Å²) in [5.41, 5.74) is 1.82. The lowest BCUT2D eigenvalue weighted by atomic mass is 9.97. The van der Waals surface area contributed by atoms with E-state index in [0.717, 1.165) is 50.0 Å². The molecular weight excluding hydrogens is 354 g/mol. The molecule has 3 aromatic heterocycles. The first-order valence-corrected chi connectivity index (χ1v) is 9.70. The number of anilines is 1. The second-order valence-electron chi connectivity index (χ2n) is 6.52. The molecule has 3 aromatic rings. The Morgan fingerprint density at radius 2 is 2.08 bits per heavy atom. The van der Waals surface area contributed by atoms with E-state index in [-0.39, 0.29) is 6.10 Å². The summed E-state index contributed by atoms with van der Waals surface area (Å²) in [6.45, 7) is 3.82. The van der Waals surface area contributed by atoms with E-state index in [1.165, 1.54) is 10.3 Å². The molecule has 5 rings (SSSR count). The summed E-state index contributed by atoms with van der Waals surface area (Å²) in [6.07, 6.45) is 2.07. The van der Waals surface area contributed by atoms with Crippen LogP contribution in [0.25, 0.3) is 5.65 Å². The third-order valence-electron chi connectivity index (χ3n) is 4.90. The van der Waals surface area contributed by atoms with Gasteiger partial charge in [0.05, 0.1) is 18.8 Å². The third kappa shape index (κ3) is 3.04. The number of fused-ring (bicyclic) bond motifs is 1. The highest BCUT2D eigenvalue weighted by Crippen LogP contribution is 2.32. The van der Waals surface area contributed by atoms with E-state index in [9.17, 15) is 0 Å². The third-order valence-corrected chi connectivity index (χ3v) is 5.86. The minimum Gasteiger partial charge on any atom is -0.381 e. The Kier molecular flexibility index (Phi) is 4.23. The Balaban J connectivity index is 1.33. The van der Waals surface area contributed by atoms with Gasteiger partial charge in [-0.05, 0) is 35.4 Å². The van der Waals surface area contributed by atoms with Crippen molar-refractivity contribution in [3.63, 3.8) is 0 Å². The molecule has 2 saturated heterocycles. The van der Waals surface area contributed by atoms with Crippen molar-refractivity contribution in [2.45, 2.75) is 24.9 Å². The van der Waals surface area contributed by atoms with Gasteiger partial charge in [0.1, 0.15) is 11.1 Å². The first-order valence-electron chi connectivity index (χ1n) is 8.82. The number of hydrogen-bond acceptors (Lipinski definition) is 9. The zero-order valence-corrected chi connectivity index (χ0v) is 15.0. The molecule has 1 atom stereocenters. The smallest absolute Gasteiger partial charge is 0.200 e. The molecule has 10 heteroatoms. The minimum atomic E-state index is -0.0336. The fourth-order valence-corrected chi connectivity index (χ4v) is 4.38. The van der Waals surface area contributed by atoms with Gasteiger partial charge < -0.3 is 14.4 Å². The van der Waals surface area contributed by atoms with Crippen LogP contribution in [0.4, 0.5) is 5.82 Å². The number of ether oxygens (including phenoxy) is 2. The molecule has 1 unspecified atom stereocenters. The number of morpholine rings is 1. The average molecular weight is 373 g/mol. The maximum atomic E-state index is 6.00. The molecule has 9 nitrogen and oxygen atoms in total. The molecule has 0 amide bonds. The summed E-state index contributed by atoms with van der Waals surface area (Å²) in [4.78, 5) is 7.08. The van der Waals surface area contributed by atoms with Gasteiger partial charge in [0, 0.05) is 31.1 Å². The van der Waals surface area contributed by atoms with Crippen molar-refractivity contribution in [3.05, 3.63) is 28.2 Å². The summed E-state index contributed by atoms with van der Waals surface area (Å²) in [5.74, 6) is 1.36. The first kappa shape index (κ1) is 16.0. The van der Waals surface area contributed by atoms with Gasteiger partial charge in [0.15, 0.2) is 11.5 Å². The van der Waals surface area contributed by atoms with Crippen LogP contribution in [0.15, 0.2) is 17.5 Å². The molecule has 5 heterocycles. The molecule has 0 bridgehead atoms. The van der Waals surface area contributed by atoms with E-state index < -0.39 is 0 Å². The molecule has 0 spiro atoms. The van der Waals surface area contributed by atoms with E-state index in [4.69, 9.17) is 14.5 Å². The fourth-order valence-electron chi connectivity index (χ4n) is 3.45. The molecular formula is C16H19N7O2S. The van der Waals surface area contributed by atoms with Gasteiger partial charge in [-0.15, -0.1) is 26.2 Å². The Bertz CT molecular complexity index is 891. The Hall–Kier alpha value is -2.17. The average Bonchev–Trinajstić information content (AvgIpc) is 3.38. The molecule has 0 radical (unpaired) electrons. The Labute approximate surface area is 153 Å². The number of aromatic nitrogens is 6. The largest absolute Gasteiger partial charge is 0.381 e. The topological polar surface area (TPSA) is 90.6 Å². The number of hydrogen-bond donors (Lipinski definition) is 0. The molecule has 0 aromatic carbocycles. The zero-order chi connectivity index (χ0) is 17.3. The van der Waals surface area contributed by atoms with Gasteiger partial charge >= 0.3 is 0 Å². The molecule has 136 valence electrons. The first-order chi connectivity index (χ1) is 12.9. The molecule has 2 aliphatic heterocycles. The van der Waals surface area contributed by atoms with Crippen molar-refractivity contribution in [3.8, 4) is 0 Å². The van der Waals surface area contributed by atoms with Crippen molar-refractivity contribution < 1.29 is 9.47 Å². The Morgan fingerprint density at radius 1 is 1.15 bits per heavy atom. The van der Waals surface area contributed by atoms with Crippen LogP contribution in [0.3, 0.4) is 0 Å². The highest BCUT2D eigenvalue weighted by molar-refractivity contribution is 7.09. The van der Waals surface area contributed by atoms with Crippen molar-refractivity contribution in [1.82, 2.24) is 30.2 Å². The van der Waals surface area contributed by atoms with E-state index >= 15 is 0 Å². The Morgan fingerprint density at radius 3 is 3.00 bits per heavy atom. The van der Waals surface area contributed by atoms with Crippen LogP contribution in [0.2, 0.25) is 0 Å². The number of tetrazole rings is 1. The highest BCUT2D eigenvalue weighted by Gasteiger charge is 2.27. The van der Waals surface area contributed by atoms with Crippen LogP contribution in [0, 0.1) is 0 Å². The zero-order valence-electron chi connectivity index (χ0n) is 14.2. The summed E-state index contributed by atoms with van der Waals surface area (Å²) in [5, 5.41) is 19.1. The molecule has 2 aliphatic rings. The van der Waals surface area contributed by atoms with E-state index in [0.29, 0.717) is 18.2 Å². The van der Waals surface area contributed by atoms with Crippen molar-refractivity contribution in [2.24, 2.45) is 0 Å². The van der Waals surface area contributed by atoms with Crippen LogP contribution in [0.1, 0.15) is 35.6 Å². The minimum absolute atomic E-state index is 0.0336. The van der Waals surface area contributed by atoms with Crippen LogP contribution in [-0.2, 0) is 9.47 Å². The molecule has 0 N–H and O–H groups in total. The monoisotopic (exact) mass is 373 g/mol. The number of nitrogens with zero attached hydrogens (tertiary/aromatic N) is 7. The molecule has 2 fully saturated rings. The van der Waals surface area contributed by atoms with Crippen molar-refractivity contribution >= 4 is 22.8 Å². The second-order valence-corrected chi connectivity index (χ2v) is 7.41. The number of rotatable bonds is 3. The summed E-state index contributed by atoms with van der Waals surface area (Å²) in [7, 11) is 0. The van der Waals surface area contributed by atoms with Crippen LogP contribution in [0.5, 0.6) is 0 Å². The van der Waals surface area contributed by atoms with E-state index in [1.807, 2.05) is 12.1 Å². The second kappa shape index (κ2) is 6.86. The molecule has 0 saturated carbocycles. The molecule has 26 heavy (non-hydrogen) atoms. The van der Waals surface area contributed by atoms with E-state index in [2.05, 4.69) is 30.9 Å². The predicted octanol–water partition coefficient (Wildman–Crippen LogP) is 1.45. The lowest BCUT2D eigenvalue weighted by Crippen LogP contribution is -2.39. The fraction of sp³-hybridized carbons (Fsp3) is 0.562. The summed E-state index contributed by atoms with van der Waals surface area (Å²) in [6, 6.07) is 3.82. The predicted molar refractivity (Wildman–Crippen MR) is 94.4 cm³/mol. The van der Waals surface area contributed by atoms with Crippen LogP contribution >= 0.6 is 11.3 Å². The van der Waals surface area contributed by atoms with Gasteiger partial charge in [-0.3, -0.25) is 0 Å². The lowest BCUT2D eigenvalue weighted by molar-refractivity contribution is 0.0390. The quantitative estimate of drug-likeness (QED) is 0.681. The van der Waals surface area contributed by atoms with Gasteiger partial charge in [-0.25, -0.2) is 4.98 Å². The lowest BCUT2D eigenvalue weighted by Gasteiger charge is -2.32. The summed E-state index contributed by atoms with van der Waals surface area (Å²) < 4.78 is 12.9. The van der Waals surface area contributed by atoms with Gasteiger partial charge in [0.2, 0.25) is 0 Å². The van der Waals surface area contributed by atoms with Gasteiger partial charge in [-0.2, -0.15) is 0 Å². The standard InChI is InChI=1S/C16H19N7O2S/c1-2-15(19-23-14(1)18-20-21-23)22-5-8-25-13(9-22)16-17-12(10-26-16)11-3-6-24-7-4-11/h1-2,10-11,13H,3-9H2. The maximum absolute atomic E-state index is 6.00. The molecule has 0 aliphatic carbocycles. The highest BCUT2D eigenvalue weighted by atomic mass is 32.1. The van der Waals surface area contributed by atoms with Gasteiger partial charge in [-0.1, -0.05) is 0 Å². The maximum Gasteiger partial charge on any atom is 0.200 e. The van der Waals surface area contributed by atoms with Crippen molar-refractivity contribution in [1.29, 1.82) is 0 Å². The SMILES string of the molecule is c1sc(C2CN(c3ccc4nnnn4n3)CCO2)nc1C1CCOCC1. The van der Waals surface area contributed by atoms with Crippen molar-refractivity contribution in [2.75, 3.05) is 37.8 Å². The van der Waals surface area contributed by atoms with E-state index in [1.54, 1.807) is 11.3 Å². The number of thiazole rings is 1. The summed E-state index contributed by atoms with van der Waals surface area (Å²) >= 11 is 1.69. The van der Waals surface area contributed by atoms with Crippen LogP contribution < -0.4 is 4.90 Å². The normalized spacial score (nSPS) is 22.2.